The number of hydrazine groups is 1. The largest absolute Gasteiger partial charge is 0.493 e. The first kappa shape index (κ1) is 21.6. The number of amides is 1. The summed E-state index contributed by atoms with van der Waals surface area (Å²) in [6.45, 7) is 4.72. The zero-order valence-electron chi connectivity index (χ0n) is 16.9. The molecular weight excluding hydrogens is 408 g/mol. The number of benzene rings is 1. The molecule has 3 rings (SSSR count). The van der Waals surface area contributed by atoms with E-state index in [1.165, 1.54) is 25.4 Å². The number of methoxy groups -OCH3 is 1. The molecule has 0 aliphatic carbocycles. The minimum Gasteiger partial charge on any atom is -0.493 e. The summed E-state index contributed by atoms with van der Waals surface area (Å²) in [4.78, 5) is 21.4. The summed E-state index contributed by atoms with van der Waals surface area (Å²) in [5, 5.41) is 0.420. The highest BCUT2D eigenvalue weighted by atomic mass is 32.2. The van der Waals surface area contributed by atoms with Crippen LogP contribution in [0.2, 0.25) is 0 Å². The van der Waals surface area contributed by atoms with Gasteiger partial charge in [0.15, 0.2) is 11.5 Å². The van der Waals surface area contributed by atoms with E-state index in [2.05, 4.69) is 34.1 Å². The Hall–Kier alpha value is -3.11. The van der Waals surface area contributed by atoms with Crippen molar-refractivity contribution in [2.45, 2.75) is 25.2 Å². The summed E-state index contributed by atoms with van der Waals surface area (Å²) in [5.41, 5.74) is 2.86. The first-order valence-electron chi connectivity index (χ1n) is 9.37. The van der Waals surface area contributed by atoms with Gasteiger partial charge in [0.05, 0.1) is 13.7 Å². The lowest BCUT2D eigenvalue weighted by molar-refractivity contribution is 0.0944. The monoisotopic (exact) mass is 432 g/mol. The number of carbonyl (C=O) groups is 1. The predicted molar refractivity (Wildman–Crippen MR) is 112 cm³/mol. The molecule has 30 heavy (non-hydrogen) atoms. The number of fused-ring (bicyclic) bond motifs is 1. The molecule has 10 heteroatoms. The molecule has 0 spiro atoms. The van der Waals surface area contributed by atoms with Crippen LogP contribution >= 0.6 is 0 Å². The van der Waals surface area contributed by atoms with Gasteiger partial charge in [-0.25, -0.2) is 13.4 Å². The summed E-state index contributed by atoms with van der Waals surface area (Å²) in [5.74, 6) is 0.768. The highest BCUT2D eigenvalue weighted by Gasteiger charge is 2.21. The average molecular weight is 433 g/mol. The highest BCUT2D eigenvalue weighted by molar-refractivity contribution is 7.89. The number of carbonyl (C=O) groups excluding carboxylic acids is 1. The molecule has 3 aromatic rings. The molecule has 0 atom stereocenters. The Labute approximate surface area is 174 Å². The van der Waals surface area contributed by atoms with Gasteiger partial charge in [-0.3, -0.25) is 10.2 Å². The normalized spacial score (nSPS) is 11.6. The van der Waals surface area contributed by atoms with E-state index in [0.717, 1.165) is 6.42 Å². The Bertz CT molecular complexity index is 1140. The molecule has 1 amide bonds. The molecule has 0 bridgehead atoms. The quantitative estimate of drug-likeness (QED) is 0.447. The van der Waals surface area contributed by atoms with Gasteiger partial charge >= 0.3 is 0 Å². The maximum atomic E-state index is 12.6. The van der Waals surface area contributed by atoms with E-state index in [4.69, 9.17) is 9.47 Å². The van der Waals surface area contributed by atoms with Crippen molar-refractivity contribution in [3.8, 4) is 11.5 Å². The van der Waals surface area contributed by atoms with Crippen molar-refractivity contribution in [2.24, 2.45) is 5.92 Å². The van der Waals surface area contributed by atoms with Gasteiger partial charge in [-0.05, 0) is 42.7 Å². The molecule has 0 unspecified atom stereocenters. The Kier molecular flexibility index (Phi) is 6.58. The molecule has 9 nitrogen and oxygen atoms in total. The van der Waals surface area contributed by atoms with Crippen LogP contribution in [0.1, 0.15) is 30.6 Å². The summed E-state index contributed by atoms with van der Waals surface area (Å²) in [7, 11) is -2.53. The highest BCUT2D eigenvalue weighted by Crippen LogP contribution is 2.28. The average Bonchev–Trinajstić information content (AvgIpc) is 3.17. The molecule has 0 aliphatic heterocycles. The first-order valence-corrected chi connectivity index (χ1v) is 10.8. The van der Waals surface area contributed by atoms with Crippen molar-refractivity contribution in [1.29, 1.82) is 0 Å². The Morgan fingerprint density at radius 2 is 2.03 bits per heavy atom. The number of aromatic amines is 1. The van der Waals surface area contributed by atoms with E-state index < -0.39 is 15.9 Å². The molecule has 0 saturated heterocycles. The predicted octanol–water partition coefficient (Wildman–Crippen LogP) is 2.62. The van der Waals surface area contributed by atoms with E-state index in [1.54, 1.807) is 24.4 Å². The minimum atomic E-state index is -4.00. The van der Waals surface area contributed by atoms with Crippen molar-refractivity contribution >= 4 is 27.0 Å². The SMILES string of the molecule is COc1cc(C(=O)NNS(=O)(=O)c2c[nH]c3ncccc23)ccc1OCCC(C)C. The van der Waals surface area contributed by atoms with E-state index in [9.17, 15) is 13.2 Å². The third-order valence-corrected chi connectivity index (χ3v) is 5.67. The molecule has 3 N–H and O–H groups in total. The standard InChI is InChI=1S/C20H24N4O5S/c1-13(2)8-10-29-16-7-6-14(11-17(16)28-3)20(25)23-24-30(26,27)18-12-22-19-15(18)5-4-9-21-19/h4-7,9,11-13,24H,8,10H2,1-3H3,(H,21,22)(H,23,25). The van der Waals surface area contributed by atoms with Crippen LogP contribution in [0.3, 0.4) is 0 Å². The van der Waals surface area contributed by atoms with Gasteiger partial charge in [-0.1, -0.05) is 13.8 Å². The molecule has 0 radical (unpaired) electrons. The van der Waals surface area contributed by atoms with Crippen LogP contribution in [-0.4, -0.2) is 38.0 Å². The third-order valence-electron chi connectivity index (χ3n) is 4.38. The minimum absolute atomic E-state index is 0.0163. The lowest BCUT2D eigenvalue weighted by Crippen LogP contribution is -2.41. The van der Waals surface area contributed by atoms with Crippen LogP contribution in [0.15, 0.2) is 47.6 Å². The summed E-state index contributed by atoms with van der Waals surface area (Å²) in [6.07, 6.45) is 3.75. The maximum absolute atomic E-state index is 12.6. The third kappa shape index (κ3) is 4.89. The lowest BCUT2D eigenvalue weighted by atomic mass is 10.1. The van der Waals surface area contributed by atoms with E-state index in [1.807, 2.05) is 0 Å². The van der Waals surface area contributed by atoms with Gasteiger partial charge < -0.3 is 14.5 Å². The molecule has 0 aliphatic rings. The molecule has 2 aromatic heterocycles. The van der Waals surface area contributed by atoms with Gasteiger partial charge in [0.2, 0.25) is 0 Å². The lowest BCUT2D eigenvalue weighted by Gasteiger charge is -2.13. The molecule has 0 fully saturated rings. The number of sulfonamides is 1. The van der Waals surface area contributed by atoms with Gasteiger partial charge in [-0.2, -0.15) is 0 Å². The summed E-state index contributed by atoms with van der Waals surface area (Å²) in [6, 6.07) is 7.90. The van der Waals surface area contributed by atoms with E-state index in [-0.39, 0.29) is 10.5 Å². The number of nitrogens with zero attached hydrogens (tertiary/aromatic N) is 1. The summed E-state index contributed by atoms with van der Waals surface area (Å²) >= 11 is 0. The fourth-order valence-corrected chi connectivity index (χ4v) is 3.73. The van der Waals surface area contributed by atoms with E-state index >= 15 is 0 Å². The van der Waals surface area contributed by atoms with Crippen LogP contribution in [-0.2, 0) is 10.0 Å². The Balaban J connectivity index is 1.69. The number of hydrogen-bond donors (Lipinski definition) is 3. The zero-order chi connectivity index (χ0) is 21.7. The zero-order valence-corrected chi connectivity index (χ0v) is 17.7. The van der Waals surface area contributed by atoms with Crippen LogP contribution in [0.25, 0.3) is 11.0 Å². The molecule has 2 heterocycles. The smallest absolute Gasteiger partial charge is 0.266 e. The van der Waals surface area contributed by atoms with Gasteiger partial charge in [0.25, 0.3) is 15.9 Å². The number of hydrogen-bond acceptors (Lipinski definition) is 6. The number of nitrogens with one attached hydrogen (secondary N) is 3. The van der Waals surface area contributed by atoms with Crippen LogP contribution in [0.4, 0.5) is 0 Å². The van der Waals surface area contributed by atoms with E-state index in [0.29, 0.717) is 35.1 Å². The fraction of sp³-hybridized carbons (Fsp3) is 0.300. The van der Waals surface area contributed by atoms with Gasteiger partial charge in [-0.15, -0.1) is 4.83 Å². The van der Waals surface area contributed by atoms with Crippen molar-refractivity contribution in [1.82, 2.24) is 20.2 Å². The molecular formula is C20H24N4O5S. The van der Waals surface area contributed by atoms with Crippen LogP contribution in [0.5, 0.6) is 11.5 Å². The second-order valence-electron chi connectivity index (χ2n) is 7.01. The van der Waals surface area contributed by atoms with Crippen LogP contribution in [0, 0.1) is 5.92 Å². The van der Waals surface area contributed by atoms with Crippen molar-refractivity contribution < 1.29 is 22.7 Å². The van der Waals surface area contributed by atoms with Gasteiger partial charge in [0, 0.05) is 23.3 Å². The second kappa shape index (κ2) is 9.14. The number of ether oxygens (including phenoxy) is 2. The Morgan fingerprint density at radius 1 is 1.23 bits per heavy atom. The van der Waals surface area contributed by atoms with Crippen LogP contribution < -0.4 is 19.7 Å². The molecule has 0 saturated carbocycles. The summed E-state index contributed by atoms with van der Waals surface area (Å²) < 4.78 is 36.1. The first-order chi connectivity index (χ1) is 14.3. The number of aromatic nitrogens is 2. The fourth-order valence-electron chi connectivity index (χ4n) is 2.73. The topological polar surface area (TPSA) is 122 Å². The van der Waals surface area contributed by atoms with Gasteiger partial charge in [0.1, 0.15) is 10.5 Å². The molecule has 1 aromatic carbocycles. The molecule has 160 valence electrons. The second-order valence-corrected chi connectivity index (χ2v) is 8.66. The van der Waals surface area contributed by atoms with Crippen molar-refractivity contribution in [3.63, 3.8) is 0 Å². The number of rotatable bonds is 9. The number of pyridine rings is 1. The van der Waals surface area contributed by atoms with Crippen molar-refractivity contribution in [2.75, 3.05) is 13.7 Å². The Morgan fingerprint density at radius 3 is 2.77 bits per heavy atom. The maximum Gasteiger partial charge on any atom is 0.266 e. The number of H-pyrrole nitrogens is 1. The van der Waals surface area contributed by atoms with Crippen molar-refractivity contribution in [3.05, 3.63) is 48.3 Å².